The van der Waals surface area contributed by atoms with Gasteiger partial charge in [0.1, 0.15) is 11.4 Å². The number of aryl methyl sites for hydroxylation is 1. The van der Waals surface area contributed by atoms with E-state index in [1.54, 1.807) is 11.0 Å². The van der Waals surface area contributed by atoms with Crippen LogP contribution in [0.1, 0.15) is 43.0 Å². The topological polar surface area (TPSA) is 29.5 Å². The fourth-order valence-corrected chi connectivity index (χ4v) is 2.56. The fraction of sp³-hybridized carbons (Fsp3) is 0.471. The van der Waals surface area contributed by atoms with Crippen LogP contribution in [0.2, 0.25) is 0 Å². The summed E-state index contributed by atoms with van der Waals surface area (Å²) in [6, 6.07) is 1.78. The first-order valence-electron chi connectivity index (χ1n) is 7.14. The van der Waals surface area contributed by atoms with Crippen molar-refractivity contribution < 1.29 is 13.9 Å². The predicted octanol–water partition coefficient (Wildman–Crippen LogP) is 4.07. The van der Waals surface area contributed by atoms with E-state index >= 15 is 0 Å². The molecule has 0 spiro atoms. The van der Waals surface area contributed by atoms with Crippen molar-refractivity contribution in [2.45, 2.75) is 46.3 Å². The molecule has 4 heteroatoms. The quantitative estimate of drug-likeness (QED) is 0.780. The molecule has 1 aliphatic rings. The summed E-state index contributed by atoms with van der Waals surface area (Å²) in [5.41, 5.74) is 2.57. The van der Waals surface area contributed by atoms with E-state index in [1.807, 2.05) is 27.7 Å². The molecule has 0 N–H and O–H groups in total. The fourth-order valence-electron chi connectivity index (χ4n) is 2.56. The summed E-state index contributed by atoms with van der Waals surface area (Å²) in [6.45, 7) is 12.0. The lowest BCUT2D eigenvalue weighted by molar-refractivity contribution is 0.0222. The number of carbonyl (C=O) groups excluding carboxylic acids is 1. The highest BCUT2D eigenvalue weighted by molar-refractivity contribution is 5.69. The number of hydrogen-bond donors (Lipinski definition) is 0. The molecule has 1 heterocycles. The predicted molar refractivity (Wildman–Crippen MR) is 81.6 cm³/mol. The molecule has 114 valence electrons. The summed E-state index contributed by atoms with van der Waals surface area (Å²) in [7, 11) is 0. The monoisotopic (exact) mass is 291 g/mol. The molecule has 0 atom stereocenters. The van der Waals surface area contributed by atoms with Gasteiger partial charge in [0.25, 0.3) is 0 Å². The standard InChI is InChI=1S/C17H22FNO2/c1-6-12-9-11(2)14-10-19(8-7-13(14)15(12)18)16(20)21-17(3,4)5/h6,9H,1,7-8,10H2,2-5H3. The Labute approximate surface area is 125 Å². The summed E-state index contributed by atoms with van der Waals surface area (Å²) in [5, 5.41) is 0. The summed E-state index contributed by atoms with van der Waals surface area (Å²) in [5.74, 6) is -0.213. The van der Waals surface area contributed by atoms with Crippen LogP contribution in [0.3, 0.4) is 0 Å². The highest BCUT2D eigenvalue weighted by Gasteiger charge is 2.28. The molecule has 1 aliphatic heterocycles. The first kappa shape index (κ1) is 15.5. The largest absolute Gasteiger partial charge is 0.444 e. The second kappa shape index (κ2) is 5.51. The molecule has 0 radical (unpaired) electrons. The Morgan fingerprint density at radius 2 is 2.10 bits per heavy atom. The van der Waals surface area contributed by atoms with E-state index in [0.29, 0.717) is 30.6 Å². The average molecular weight is 291 g/mol. The molecule has 0 aromatic heterocycles. The molecule has 0 fully saturated rings. The average Bonchev–Trinajstić information content (AvgIpc) is 2.40. The number of nitrogens with zero attached hydrogens (tertiary/aromatic N) is 1. The van der Waals surface area contributed by atoms with Crippen molar-refractivity contribution in [3.05, 3.63) is 40.7 Å². The SMILES string of the molecule is C=Cc1cc(C)c2c(c1F)CCN(C(=O)OC(C)(C)C)C2. The minimum Gasteiger partial charge on any atom is -0.444 e. The zero-order valence-corrected chi connectivity index (χ0v) is 13.1. The second-order valence-electron chi connectivity index (χ2n) is 6.41. The highest BCUT2D eigenvalue weighted by atomic mass is 19.1. The third-order valence-corrected chi connectivity index (χ3v) is 3.58. The van der Waals surface area contributed by atoms with E-state index in [2.05, 4.69) is 6.58 Å². The molecule has 0 unspecified atom stereocenters. The van der Waals surface area contributed by atoms with Gasteiger partial charge < -0.3 is 9.64 Å². The second-order valence-corrected chi connectivity index (χ2v) is 6.41. The molecule has 1 amide bonds. The molecule has 21 heavy (non-hydrogen) atoms. The van der Waals surface area contributed by atoms with Gasteiger partial charge in [-0.2, -0.15) is 0 Å². The van der Waals surface area contributed by atoms with Gasteiger partial charge in [0, 0.05) is 18.7 Å². The van der Waals surface area contributed by atoms with Gasteiger partial charge in [-0.05, 0) is 56.9 Å². The van der Waals surface area contributed by atoms with Gasteiger partial charge in [0.05, 0.1) is 0 Å². The minimum atomic E-state index is -0.523. The number of halogens is 1. The van der Waals surface area contributed by atoms with Crippen LogP contribution in [0.25, 0.3) is 6.08 Å². The number of benzene rings is 1. The molecule has 3 nitrogen and oxygen atoms in total. The summed E-state index contributed by atoms with van der Waals surface area (Å²) < 4.78 is 19.7. The number of ether oxygens (including phenoxy) is 1. The van der Waals surface area contributed by atoms with Crippen molar-refractivity contribution in [3.8, 4) is 0 Å². The van der Waals surface area contributed by atoms with Crippen LogP contribution >= 0.6 is 0 Å². The van der Waals surface area contributed by atoms with Crippen LogP contribution in [0.15, 0.2) is 12.6 Å². The molecular weight excluding hydrogens is 269 g/mol. The highest BCUT2D eigenvalue weighted by Crippen LogP contribution is 2.28. The Morgan fingerprint density at radius 1 is 1.43 bits per heavy atom. The Morgan fingerprint density at radius 3 is 2.67 bits per heavy atom. The summed E-state index contributed by atoms with van der Waals surface area (Å²) >= 11 is 0. The first-order valence-corrected chi connectivity index (χ1v) is 7.14. The van der Waals surface area contributed by atoms with E-state index in [-0.39, 0.29) is 11.9 Å². The van der Waals surface area contributed by atoms with Crippen molar-refractivity contribution in [2.75, 3.05) is 6.54 Å². The summed E-state index contributed by atoms with van der Waals surface area (Å²) in [6.07, 6.45) is 1.69. The third-order valence-electron chi connectivity index (χ3n) is 3.58. The van der Waals surface area contributed by atoms with Crippen LogP contribution < -0.4 is 0 Å². The third kappa shape index (κ3) is 3.26. The Balaban J connectivity index is 2.27. The van der Waals surface area contributed by atoms with Crippen LogP contribution in [0, 0.1) is 12.7 Å². The number of hydrogen-bond acceptors (Lipinski definition) is 2. The van der Waals surface area contributed by atoms with Gasteiger partial charge >= 0.3 is 6.09 Å². The maximum absolute atomic E-state index is 14.3. The molecular formula is C17H22FNO2. The van der Waals surface area contributed by atoms with E-state index in [9.17, 15) is 9.18 Å². The Kier molecular flexibility index (Phi) is 4.08. The van der Waals surface area contributed by atoms with E-state index in [4.69, 9.17) is 4.74 Å². The zero-order valence-electron chi connectivity index (χ0n) is 13.1. The smallest absolute Gasteiger partial charge is 0.410 e. The number of fused-ring (bicyclic) bond motifs is 1. The van der Waals surface area contributed by atoms with Crippen molar-refractivity contribution in [2.24, 2.45) is 0 Å². The van der Waals surface area contributed by atoms with Crippen LogP contribution in [0.5, 0.6) is 0 Å². The molecule has 1 aromatic carbocycles. The van der Waals surface area contributed by atoms with Gasteiger partial charge in [-0.1, -0.05) is 12.7 Å². The van der Waals surface area contributed by atoms with E-state index < -0.39 is 5.60 Å². The van der Waals surface area contributed by atoms with Crippen molar-refractivity contribution in [3.63, 3.8) is 0 Å². The van der Waals surface area contributed by atoms with Gasteiger partial charge in [0.15, 0.2) is 0 Å². The van der Waals surface area contributed by atoms with E-state index in [0.717, 1.165) is 11.1 Å². The number of carbonyl (C=O) groups is 1. The lowest BCUT2D eigenvalue weighted by atomic mass is 9.92. The zero-order chi connectivity index (χ0) is 15.8. The van der Waals surface area contributed by atoms with Crippen molar-refractivity contribution >= 4 is 12.2 Å². The molecule has 0 bridgehead atoms. The molecule has 2 rings (SSSR count). The maximum atomic E-state index is 14.3. The minimum absolute atomic E-state index is 0.213. The number of amides is 1. The molecule has 1 aromatic rings. The lowest BCUT2D eigenvalue weighted by Gasteiger charge is -2.32. The lowest BCUT2D eigenvalue weighted by Crippen LogP contribution is -2.40. The Hall–Kier alpha value is -1.84. The number of rotatable bonds is 1. The first-order chi connectivity index (χ1) is 9.73. The normalized spacial score (nSPS) is 14.6. The van der Waals surface area contributed by atoms with Crippen molar-refractivity contribution in [1.29, 1.82) is 0 Å². The van der Waals surface area contributed by atoms with E-state index in [1.165, 1.54) is 6.08 Å². The van der Waals surface area contributed by atoms with Crippen LogP contribution in [-0.4, -0.2) is 23.1 Å². The van der Waals surface area contributed by atoms with Crippen molar-refractivity contribution in [1.82, 2.24) is 4.90 Å². The van der Waals surface area contributed by atoms with Gasteiger partial charge in [-0.15, -0.1) is 0 Å². The molecule has 0 saturated carbocycles. The van der Waals surface area contributed by atoms with Crippen LogP contribution in [0.4, 0.5) is 9.18 Å². The maximum Gasteiger partial charge on any atom is 0.410 e. The summed E-state index contributed by atoms with van der Waals surface area (Å²) in [4.78, 5) is 13.8. The van der Waals surface area contributed by atoms with Gasteiger partial charge in [0.2, 0.25) is 0 Å². The van der Waals surface area contributed by atoms with Gasteiger partial charge in [-0.3, -0.25) is 0 Å². The Bertz CT molecular complexity index is 587. The van der Waals surface area contributed by atoms with Gasteiger partial charge in [-0.25, -0.2) is 9.18 Å². The van der Waals surface area contributed by atoms with Crippen LogP contribution in [-0.2, 0) is 17.7 Å². The molecule has 0 saturated heterocycles. The molecule has 0 aliphatic carbocycles.